The van der Waals surface area contributed by atoms with Crippen molar-refractivity contribution in [1.29, 1.82) is 0 Å². The molecule has 1 heterocycles. The van der Waals surface area contributed by atoms with E-state index in [0.717, 1.165) is 11.4 Å². The number of hydrogen-bond acceptors (Lipinski definition) is 10. The van der Waals surface area contributed by atoms with Gasteiger partial charge in [-0.2, -0.15) is 0 Å². The first-order valence-corrected chi connectivity index (χ1v) is 12.6. The Labute approximate surface area is 175 Å². The number of amides is 1. The van der Waals surface area contributed by atoms with Crippen molar-refractivity contribution in [2.45, 2.75) is 83.9 Å². The maximum absolute atomic E-state index is 13.0. The fourth-order valence-electron chi connectivity index (χ4n) is 2.60. The van der Waals surface area contributed by atoms with Crippen LogP contribution in [0, 0.1) is 0 Å². The molecule has 29 heavy (non-hydrogen) atoms. The zero-order chi connectivity index (χ0) is 22.4. The van der Waals surface area contributed by atoms with Crippen LogP contribution in [0.25, 0.3) is 0 Å². The molecule has 0 bridgehead atoms. The second-order valence-electron chi connectivity index (χ2n) is 7.94. The van der Waals surface area contributed by atoms with Gasteiger partial charge in [0, 0.05) is 12.7 Å². The number of carbonyl (C=O) groups excluding carboxylic acids is 1. The predicted octanol–water partition coefficient (Wildman–Crippen LogP) is 1.03. The highest BCUT2D eigenvalue weighted by molar-refractivity contribution is 8.55. The van der Waals surface area contributed by atoms with Crippen LogP contribution in [0.3, 0.4) is 0 Å². The minimum atomic E-state index is -3.45. The van der Waals surface area contributed by atoms with Gasteiger partial charge in [0.1, 0.15) is 24.4 Å². The standard InChI is InChI=1S/C17H34NO9PS/c1-10(2)26-28(23,27-17(4,5)6)29-8-7-24-16-13(18-11(3)20)15(22)14(21)12(9-19)25-16/h10,12-16,19,21-22H,7-9H2,1-6H3,(H,18,20). The third-order valence-electron chi connectivity index (χ3n) is 3.59. The molecule has 1 amide bonds. The molecule has 0 aromatic heterocycles. The molecule has 0 spiro atoms. The van der Waals surface area contributed by atoms with E-state index in [1.807, 2.05) is 0 Å². The average Bonchev–Trinajstić information content (AvgIpc) is 2.54. The molecule has 10 nitrogen and oxygen atoms in total. The minimum absolute atomic E-state index is 0.0331. The first kappa shape index (κ1) is 26.8. The summed E-state index contributed by atoms with van der Waals surface area (Å²) in [5.41, 5.74) is -0.671. The number of ether oxygens (including phenoxy) is 2. The van der Waals surface area contributed by atoms with Crippen molar-refractivity contribution in [1.82, 2.24) is 5.32 Å². The summed E-state index contributed by atoms with van der Waals surface area (Å²) in [4.78, 5) is 11.4. The highest BCUT2D eigenvalue weighted by Gasteiger charge is 2.45. The lowest BCUT2D eigenvalue weighted by molar-refractivity contribution is -0.268. The third-order valence-corrected chi connectivity index (χ3v) is 7.69. The quantitative estimate of drug-likeness (QED) is 0.276. The lowest BCUT2D eigenvalue weighted by atomic mass is 9.97. The van der Waals surface area contributed by atoms with E-state index >= 15 is 0 Å². The van der Waals surface area contributed by atoms with Gasteiger partial charge >= 0.3 is 6.80 Å². The van der Waals surface area contributed by atoms with Crippen molar-refractivity contribution in [2.75, 3.05) is 19.0 Å². The molecule has 0 aliphatic carbocycles. The number of aliphatic hydroxyl groups is 3. The van der Waals surface area contributed by atoms with Gasteiger partial charge in [0.25, 0.3) is 0 Å². The van der Waals surface area contributed by atoms with E-state index in [0.29, 0.717) is 0 Å². The molecule has 6 unspecified atom stereocenters. The SMILES string of the molecule is CC(=O)NC1C(OCCSP(=O)(OC(C)C)OC(C)(C)C)OC(CO)C(O)C1O. The van der Waals surface area contributed by atoms with Gasteiger partial charge in [-0.25, -0.2) is 4.57 Å². The van der Waals surface area contributed by atoms with Crippen molar-refractivity contribution in [3.05, 3.63) is 0 Å². The zero-order valence-corrected chi connectivity index (χ0v) is 19.4. The minimum Gasteiger partial charge on any atom is -0.394 e. The molecule has 1 fully saturated rings. The Balaban J connectivity index is 2.72. The Hall–Kier alpha value is -0.230. The normalized spacial score (nSPS) is 30.2. The second-order valence-corrected chi connectivity index (χ2v) is 12.0. The molecule has 0 aromatic carbocycles. The summed E-state index contributed by atoms with van der Waals surface area (Å²) in [7, 11) is 0. The zero-order valence-electron chi connectivity index (χ0n) is 17.7. The van der Waals surface area contributed by atoms with Gasteiger partial charge in [0.05, 0.1) is 24.9 Å². The van der Waals surface area contributed by atoms with Gasteiger partial charge in [-0.05, 0) is 46.0 Å². The Morgan fingerprint density at radius 1 is 1.28 bits per heavy atom. The Bertz CT molecular complexity index is 572. The van der Waals surface area contributed by atoms with Crippen LogP contribution in [-0.2, 0) is 27.9 Å². The van der Waals surface area contributed by atoms with E-state index in [-0.39, 0.29) is 18.5 Å². The predicted molar refractivity (Wildman–Crippen MR) is 108 cm³/mol. The van der Waals surface area contributed by atoms with Crippen molar-refractivity contribution < 1.29 is 43.2 Å². The van der Waals surface area contributed by atoms with Gasteiger partial charge in [0.15, 0.2) is 6.29 Å². The molecule has 0 aromatic rings. The van der Waals surface area contributed by atoms with Crippen LogP contribution in [0.4, 0.5) is 0 Å². The average molecular weight is 459 g/mol. The molecule has 0 saturated carbocycles. The fourth-order valence-corrected chi connectivity index (χ4v) is 6.76. The van der Waals surface area contributed by atoms with E-state index in [1.54, 1.807) is 34.6 Å². The summed E-state index contributed by atoms with van der Waals surface area (Å²) >= 11 is 0.973. The lowest BCUT2D eigenvalue weighted by Crippen LogP contribution is -2.64. The second kappa shape index (κ2) is 11.4. The van der Waals surface area contributed by atoms with Crippen molar-refractivity contribution >= 4 is 24.1 Å². The Morgan fingerprint density at radius 2 is 1.90 bits per heavy atom. The molecular weight excluding hydrogens is 425 g/mol. The van der Waals surface area contributed by atoms with Gasteiger partial charge < -0.3 is 30.1 Å². The summed E-state index contributed by atoms with van der Waals surface area (Å²) in [6.45, 7) is 6.14. The Kier molecular flexibility index (Phi) is 10.5. The van der Waals surface area contributed by atoms with E-state index < -0.39 is 55.6 Å². The summed E-state index contributed by atoms with van der Waals surface area (Å²) in [6, 6.07) is -1.03. The molecule has 4 N–H and O–H groups in total. The van der Waals surface area contributed by atoms with Crippen LogP contribution in [-0.4, -0.2) is 82.5 Å². The molecule has 12 heteroatoms. The van der Waals surface area contributed by atoms with Crippen LogP contribution in [0.1, 0.15) is 41.5 Å². The topological polar surface area (TPSA) is 144 Å². The number of aliphatic hydroxyl groups excluding tert-OH is 3. The van der Waals surface area contributed by atoms with Crippen LogP contribution in [0.15, 0.2) is 0 Å². The van der Waals surface area contributed by atoms with Crippen LogP contribution in [0.2, 0.25) is 0 Å². The van der Waals surface area contributed by atoms with E-state index in [1.165, 1.54) is 6.92 Å². The first-order chi connectivity index (χ1) is 13.3. The smallest absolute Gasteiger partial charge is 0.389 e. The fraction of sp³-hybridized carbons (Fsp3) is 0.941. The maximum atomic E-state index is 13.0. The van der Waals surface area contributed by atoms with E-state index in [4.69, 9.17) is 18.5 Å². The lowest BCUT2D eigenvalue weighted by Gasteiger charge is -2.42. The van der Waals surface area contributed by atoms with Crippen LogP contribution >= 0.6 is 18.2 Å². The van der Waals surface area contributed by atoms with Crippen molar-refractivity contribution in [3.8, 4) is 0 Å². The van der Waals surface area contributed by atoms with E-state index in [9.17, 15) is 24.7 Å². The molecular formula is C17H34NO9PS. The van der Waals surface area contributed by atoms with Gasteiger partial charge in [-0.15, -0.1) is 0 Å². The van der Waals surface area contributed by atoms with Crippen LogP contribution in [0.5, 0.6) is 0 Å². The number of carbonyl (C=O) groups is 1. The van der Waals surface area contributed by atoms with Crippen molar-refractivity contribution in [3.63, 3.8) is 0 Å². The van der Waals surface area contributed by atoms with Gasteiger partial charge in [0.2, 0.25) is 5.91 Å². The van der Waals surface area contributed by atoms with E-state index in [2.05, 4.69) is 5.32 Å². The van der Waals surface area contributed by atoms with Crippen LogP contribution < -0.4 is 5.32 Å². The molecule has 1 rings (SSSR count). The summed E-state index contributed by atoms with van der Waals surface area (Å²) in [5.74, 6) is -0.224. The first-order valence-electron chi connectivity index (χ1n) is 9.43. The molecule has 172 valence electrons. The van der Waals surface area contributed by atoms with Gasteiger partial charge in [-0.1, -0.05) is 0 Å². The number of hydrogen-bond donors (Lipinski definition) is 4. The Morgan fingerprint density at radius 3 is 2.38 bits per heavy atom. The molecule has 6 atom stereocenters. The maximum Gasteiger partial charge on any atom is 0.389 e. The third kappa shape index (κ3) is 9.20. The highest BCUT2D eigenvalue weighted by atomic mass is 32.7. The number of nitrogens with one attached hydrogen (secondary N) is 1. The van der Waals surface area contributed by atoms with Crippen molar-refractivity contribution in [2.24, 2.45) is 0 Å². The summed E-state index contributed by atoms with van der Waals surface area (Å²) in [5, 5.41) is 32.0. The largest absolute Gasteiger partial charge is 0.394 e. The van der Waals surface area contributed by atoms with Gasteiger partial charge in [-0.3, -0.25) is 13.8 Å². The summed E-state index contributed by atoms with van der Waals surface area (Å²) in [6.07, 6.45) is -5.24. The summed E-state index contributed by atoms with van der Waals surface area (Å²) < 4.78 is 35.1. The molecule has 1 aliphatic heterocycles. The monoisotopic (exact) mass is 459 g/mol. The molecule has 1 saturated heterocycles. The number of rotatable bonds is 10. The molecule has 1 aliphatic rings. The molecule has 0 radical (unpaired) electrons. The highest BCUT2D eigenvalue weighted by Crippen LogP contribution is 2.63.